The molecule has 2 aromatic carbocycles. The van der Waals surface area contributed by atoms with Crippen molar-refractivity contribution < 1.29 is 18.4 Å². The number of pyridine rings is 1. The number of sulfonamides is 1. The van der Waals surface area contributed by atoms with Crippen molar-refractivity contribution in [2.45, 2.75) is 17.7 Å². The zero-order valence-electron chi connectivity index (χ0n) is 16.9. The van der Waals surface area contributed by atoms with Gasteiger partial charge in [-0.05, 0) is 53.8 Å². The van der Waals surface area contributed by atoms with Gasteiger partial charge in [-0.1, -0.05) is 30.3 Å². The first-order valence-electron chi connectivity index (χ1n) is 10.1. The van der Waals surface area contributed by atoms with Crippen LogP contribution in [0.5, 0.6) is 0 Å². The number of hydrogen-bond acceptors (Lipinski definition) is 6. The SMILES string of the molecule is O=C(NO)c1ccc(N2CCC(CNS(=O)(=O)c3ccc4ccccc4c3)CC2)nc1. The van der Waals surface area contributed by atoms with Crippen molar-refractivity contribution in [3.63, 3.8) is 0 Å². The van der Waals surface area contributed by atoms with Crippen molar-refractivity contribution in [1.29, 1.82) is 0 Å². The first-order chi connectivity index (χ1) is 15.0. The molecule has 162 valence electrons. The third kappa shape index (κ3) is 4.84. The van der Waals surface area contributed by atoms with E-state index in [2.05, 4.69) is 14.6 Å². The fourth-order valence-electron chi connectivity index (χ4n) is 3.78. The van der Waals surface area contributed by atoms with Gasteiger partial charge < -0.3 is 4.90 Å². The van der Waals surface area contributed by atoms with Crippen LogP contribution in [0.25, 0.3) is 10.8 Å². The number of carbonyl (C=O) groups is 1. The van der Waals surface area contributed by atoms with Gasteiger partial charge in [0.25, 0.3) is 5.91 Å². The van der Waals surface area contributed by atoms with Gasteiger partial charge in [0.1, 0.15) is 5.82 Å². The Morgan fingerprint density at radius 1 is 1.06 bits per heavy atom. The van der Waals surface area contributed by atoms with E-state index in [0.717, 1.165) is 42.5 Å². The van der Waals surface area contributed by atoms with Crippen LogP contribution in [-0.4, -0.2) is 44.2 Å². The minimum Gasteiger partial charge on any atom is -0.357 e. The number of nitrogens with one attached hydrogen (secondary N) is 2. The number of anilines is 1. The number of piperidine rings is 1. The molecule has 1 fully saturated rings. The van der Waals surface area contributed by atoms with Crippen LogP contribution < -0.4 is 15.1 Å². The Labute approximate surface area is 180 Å². The molecular formula is C22H24N4O4S. The van der Waals surface area contributed by atoms with Gasteiger partial charge in [0.2, 0.25) is 10.0 Å². The normalized spacial score (nSPS) is 15.2. The third-order valence-electron chi connectivity index (χ3n) is 5.64. The highest BCUT2D eigenvalue weighted by Gasteiger charge is 2.23. The second kappa shape index (κ2) is 9.01. The van der Waals surface area contributed by atoms with Gasteiger partial charge in [-0.3, -0.25) is 10.0 Å². The predicted molar refractivity (Wildman–Crippen MR) is 118 cm³/mol. The standard InChI is InChI=1S/C22H24N4O4S/c27-22(25-28)19-6-8-21(23-15-19)26-11-9-16(10-12-26)14-24-31(29,30)20-7-5-17-3-1-2-4-18(17)13-20/h1-8,13,15-16,24,28H,9-12,14H2,(H,25,27). The Morgan fingerprint density at radius 3 is 2.48 bits per heavy atom. The number of benzene rings is 2. The van der Waals surface area contributed by atoms with Crippen molar-refractivity contribution in [3.05, 3.63) is 66.4 Å². The molecule has 2 heterocycles. The second-order valence-corrected chi connectivity index (χ2v) is 9.40. The monoisotopic (exact) mass is 440 g/mol. The summed E-state index contributed by atoms with van der Waals surface area (Å²) in [5, 5.41) is 10.6. The summed E-state index contributed by atoms with van der Waals surface area (Å²) in [7, 11) is -3.57. The number of fused-ring (bicyclic) bond motifs is 1. The number of nitrogens with zero attached hydrogens (tertiary/aromatic N) is 2. The molecule has 3 aromatic rings. The minimum atomic E-state index is -3.57. The van der Waals surface area contributed by atoms with Crippen LogP contribution in [0.2, 0.25) is 0 Å². The number of amides is 1. The fraction of sp³-hybridized carbons (Fsp3) is 0.273. The van der Waals surface area contributed by atoms with Crippen LogP contribution in [0.4, 0.5) is 5.82 Å². The lowest BCUT2D eigenvalue weighted by atomic mass is 9.97. The smallest absolute Gasteiger partial charge is 0.276 e. The number of hydrogen-bond donors (Lipinski definition) is 3. The fourth-order valence-corrected chi connectivity index (χ4v) is 4.93. The van der Waals surface area contributed by atoms with Crippen LogP contribution in [0.3, 0.4) is 0 Å². The molecule has 0 atom stereocenters. The molecule has 1 aliphatic heterocycles. The molecule has 4 rings (SSSR count). The molecule has 0 bridgehead atoms. The zero-order valence-corrected chi connectivity index (χ0v) is 17.7. The maximum atomic E-state index is 12.7. The lowest BCUT2D eigenvalue weighted by Gasteiger charge is -2.32. The van der Waals surface area contributed by atoms with Gasteiger partial charge >= 0.3 is 0 Å². The predicted octanol–water partition coefficient (Wildman–Crippen LogP) is 2.55. The van der Waals surface area contributed by atoms with Crippen LogP contribution >= 0.6 is 0 Å². The van der Waals surface area contributed by atoms with Crippen molar-refractivity contribution in [2.75, 3.05) is 24.5 Å². The second-order valence-electron chi connectivity index (χ2n) is 7.64. The van der Waals surface area contributed by atoms with E-state index < -0.39 is 15.9 Å². The molecular weight excluding hydrogens is 416 g/mol. The number of hydroxylamine groups is 1. The molecule has 1 aromatic heterocycles. The van der Waals surface area contributed by atoms with Crippen LogP contribution in [0, 0.1) is 5.92 Å². The van der Waals surface area contributed by atoms with Crippen LogP contribution in [0.1, 0.15) is 23.2 Å². The quantitative estimate of drug-likeness (QED) is 0.401. The molecule has 3 N–H and O–H groups in total. The number of rotatable bonds is 6. The first kappa shape index (κ1) is 21.2. The minimum absolute atomic E-state index is 0.242. The average Bonchev–Trinajstić information content (AvgIpc) is 2.82. The van der Waals surface area contributed by atoms with Gasteiger partial charge in [0.15, 0.2) is 0 Å². The topological polar surface area (TPSA) is 112 Å². The molecule has 0 spiro atoms. The van der Waals surface area contributed by atoms with Crippen LogP contribution in [-0.2, 0) is 10.0 Å². The molecule has 8 nitrogen and oxygen atoms in total. The summed E-state index contributed by atoms with van der Waals surface area (Å²) in [6, 6.07) is 16.2. The Morgan fingerprint density at radius 2 is 1.81 bits per heavy atom. The molecule has 31 heavy (non-hydrogen) atoms. The maximum absolute atomic E-state index is 12.7. The third-order valence-corrected chi connectivity index (χ3v) is 7.06. The highest BCUT2D eigenvalue weighted by atomic mass is 32.2. The summed E-state index contributed by atoms with van der Waals surface area (Å²) in [5.41, 5.74) is 1.87. The van der Waals surface area contributed by atoms with Crippen LogP contribution in [0.15, 0.2) is 65.7 Å². The number of aromatic nitrogens is 1. The molecule has 9 heteroatoms. The highest BCUT2D eigenvalue weighted by molar-refractivity contribution is 7.89. The molecule has 1 amide bonds. The Hall–Kier alpha value is -3.01. The van der Waals surface area contributed by atoms with Gasteiger partial charge in [0, 0.05) is 25.8 Å². The summed E-state index contributed by atoms with van der Waals surface area (Å²) in [5.74, 6) is 0.395. The van der Waals surface area contributed by atoms with Gasteiger partial charge in [-0.15, -0.1) is 0 Å². The van der Waals surface area contributed by atoms with Crippen molar-refractivity contribution in [3.8, 4) is 0 Å². The summed E-state index contributed by atoms with van der Waals surface area (Å²) in [6.07, 6.45) is 3.09. The van der Waals surface area contributed by atoms with E-state index in [1.807, 2.05) is 30.3 Å². The molecule has 1 saturated heterocycles. The molecule has 0 aliphatic carbocycles. The van der Waals surface area contributed by atoms with E-state index in [1.165, 1.54) is 6.20 Å². The van der Waals surface area contributed by atoms with Gasteiger partial charge in [0.05, 0.1) is 10.5 Å². The lowest BCUT2D eigenvalue weighted by molar-refractivity contribution is 0.0706. The van der Waals surface area contributed by atoms with Gasteiger partial charge in [-0.25, -0.2) is 23.6 Å². The van der Waals surface area contributed by atoms with E-state index in [0.29, 0.717) is 6.54 Å². The Balaban J connectivity index is 1.32. The summed E-state index contributed by atoms with van der Waals surface area (Å²) in [6.45, 7) is 1.90. The zero-order chi connectivity index (χ0) is 21.8. The number of carbonyl (C=O) groups excluding carboxylic acids is 1. The van der Waals surface area contributed by atoms with E-state index in [-0.39, 0.29) is 16.4 Å². The summed E-state index contributed by atoms with van der Waals surface area (Å²) < 4.78 is 28.2. The van der Waals surface area contributed by atoms with E-state index >= 15 is 0 Å². The van der Waals surface area contributed by atoms with Crippen molar-refractivity contribution in [2.24, 2.45) is 5.92 Å². The summed E-state index contributed by atoms with van der Waals surface area (Å²) >= 11 is 0. The molecule has 1 aliphatic rings. The average molecular weight is 441 g/mol. The lowest BCUT2D eigenvalue weighted by Crippen LogP contribution is -2.39. The maximum Gasteiger partial charge on any atom is 0.276 e. The Bertz CT molecular complexity index is 1170. The summed E-state index contributed by atoms with van der Waals surface area (Å²) in [4.78, 5) is 18.1. The van der Waals surface area contributed by atoms with E-state index in [4.69, 9.17) is 5.21 Å². The highest BCUT2D eigenvalue weighted by Crippen LogP contribution is 2.23. The molecule has 0 unspecified atom stereocenters. The molecule has 0 radical (unpaired) electrons. The van der Waals surface area contributed by atoms with Gasteiger partial charge in [-0.2, -0.15) is 0 Å². The van der Waals surface area contributed by atoms with Crippen molar-refractivity contribution >= 4 is 32.5 Å². The van der Waals surface area contributed by atoms with E-state index in [9.17, 15) is 13.2 Å². The van der Waals surface area contributed by atoms with E-state index in [1.54, 1.807) is 29.7 Å². The van der Waals surface area contributed by atoms with Crippen molar-refractivity contribution in [1.82, 2.24) is 15.2 Å². The molecule has 0 saturated carbocycles. The Kier molecular flexibility index (Phi) is 6.17. The first-order valence-corrected chi connectivity index (χ1v) is 11.6. The largest absolute Gasteiger partial charge is 0.357 e.